The Morgan fingerprint density at radius 1 is 1.42 bits per heavy atom. The number of hydrogen-bond donors (Lipinski definition) is 2. The van der Waals surface area contributed by atoms with Crippen LogP contribution >= 0.6 is 0 Å². The van der Waals surface area contributed by atoms with Crippen LogP contribution in [-0.2, 0) is 16.9 Å². The molecule has 0 aliphatic carbocycles. The molecule has 2 atom stereocenters. The molecule has 19 heavy (non-hydrogen) atoms. The van der Waals surface area contributed by atoms with E-state index in [1.54, 1.807) is 24.6 Å². The number of aryl methyl sites for hydroxylation is 1. The van der Waals surface area contributed by atoms with Gasteiger partial charge in [0.05, 0.1) is 28.1 Å². The SMILES string of the molecule is CC(O)C(N)c1nc2cc(S(C)(=O)=O)ccc2n1C. The summed E-state index contributed by atoms with van der Waals surface area (Å²) in [4.78, 5) is 4.54. The maximum Gasteiger partial charge on any atom is 0.175 e. The van der Waals surface area contributed by atoms with Crippen molar-refractivity contribution in [3.63, 3.8) is 0 Å². The Labute approximate surface area is 111 Å². The second-order valence-electron chi connectivity index (χ2n) is 4.72. The van der Waals surface area contributed by atoms with Crippen LogP contribution in [0.25, 0.3) is 11.0 Å². The predicted molar refractivity (Wildman–Crippen MR) is 72.4 cm³/mol. The third-order valence-corrected chi connectivity index (χ3v) is 4.24. The van der Waals surface area contributed by atoms with Crippen molar-refractivity contribution in [3.05, 3.63) is 24.0 Å². The van der Waals surface area contributed by atoms with Gasteiger partial charge in [0.15, 0.2) is 9.84 Å². The average Bonchev–Trinajstić information content (AvgIpc) is 2.64. The summed E-state index contributed by atoms with van der Waals surface area (Å²) >= 11 is 0. The molecule has 2 aromatic rings. The van der Waals surface area contributed by atoms with Crippen molar-refractivity contribution in [2.75, 3.05) is 6.26 Å². The van der Waals surface area contributed by atoms with Crippen LogP contribution < -0.4 is 5.73 Å². The summed E-state index contributed by atoms with van der Waals surface area (Å²) in [6.07, 6.45) is 0.421. The first-order chi connectivity index (χ1) is 8.71. The van der Waals surface area contributed by atoms with E-state index in [2.05, 4.69) is 4.98 Å². The largest absolute Gasteiger partial charge is 0.391 e. The molecule has 1 aromatic heterocycles. The predicted octanol–water partition coefficient (Wildman–Crippen LogP) is 0.357. The first kappa shape index (κ1) is 14.0. The Balaban J connectivity index is 2.64. The van der Waals surface area contributed by atoms with E-state index < -0.39 is 22.0 Å². The second kappa shape index (κ2) is 4.59. The zero-order valence-electron chi connectivity index (χ0n) is 11.0. The van der Waals surface area contributed by atoms with Crippen LogP contribution in [0.2, 0.25) is 0 Å². The molecule has 104 valence electrons. The van der Waals surface area contributed by atoms with Gasteiger partial charge in [0.1, 0.15) is 5.82 Å². The molecular weight excluding hydrogens is 266 g/mol. The molecule has 0 saturated heterocycles. The minimum absolute atomic E-state index is 0.218. The first-order valence-electron chi connectivity index (χ1n) is 5.82. The zero-order valence-corrected chi connectivity index (χ0v) is 11.8. The van der Waals surface area contributed by atoms with E-state index in [9.17, 15) is 13.5 Å². The Hall–Kier alpha value is -1.44. The van der Waals surface area contributed by atoms with Gasteiger partial charge in [-0.1, -0.05) is 0 Å². The number of sulfone groups is 1. The quantitative estimate of drug-likeness (QED) is 0.847. The normalized spacial score (nSPS) is 15.6. The molecule has 2 rings (SSSR count). The van der Waals surface area contributed by atoms with Gasteiger partial charge < -0.3 is 15.4 Å². The highest BCUT2D eigenvalue weighted by molar-refractivity contribution is 7.90. The molecular formula is C12H17N3O3S. The lowest BCUT2D eigenvalue weighted by Crippen LogP contribution is -2.26. The van der Waals surface area contributed by atoms with Gasteiger partial charge >= 0.3 is 0 Å². The fraction of sp³-hybridized carbons (Fsp3) is 0.417. The molecule has 0 fully saturated rings. The standard InChI is InChI=1S/C12H17N3O3S/c1-7(16)11(13)12-14-9-6-8(19(3,17)18)4-5-10(9)15(12)2/h4-7,11,16H,13H2,1-3H3. The topological polar surface area (TPSA) is 98.2 Å². The van der Waals surface area contributed by atoms with E-state index >= 15 is 0 Å². The summed E-state index contributed by atoms with van der Waals surface area (Å²) in [5.41, 5.74) is 7.20. The number of nitrogens with two attached hydrogens (primary N) is 1. The third-order valence-electron chi connectivity index (χ3n) is 3.13. The average molecular weight is 283 g/mol. The van der Waals surface area contributed by atoms with Gasteiger partial charge in [-0.3, -0.25) is 0 Å². The summed E-state index contributed by atoms with van der Waals surface area (Å²) in [6, 6.07) is 4.13. The molecule has 0 saturated carbocycles. The number of aliphatic hydroxyl groups excluding tert-OH is 1. The maximum atomic E-state index is 11.5. The first-order valence-corrected chi connectivity index (χ1v) is 7.71. The highest BCUT2D eigenvalue weighted by Gasteiger charge is 2.20. The van der Waals surface area contributed by atoms with Crippen LogP contribution in [0.4, 0.5) is 0 Å². The van der Waals surface area contributed by atoms with Crippen molar-refractivity contribution < 1.29 is 13.5 Å². The number of nitrogens with zero attached hydrogens (tertiary/aromatic N) is 2. The molecule has 0 amide bonds. The maximum absolute atomic E-state index is 11.5. The molecule has 0 aliphatic heterocycles. The van der Waals surface area contributed by atoms with Crippen LogP contribution in [0.1, 0.15) is 18.8 Å². The number of imidazole rings is 1. The van der Waals surface area contributed by atoms with Crippen LogP contribution in [0.5, 0.6) is 0 Å². The van der Waals surface area contributed by atoms with Gasteiger partial charge in [0.2, 0.25) is 0 Å². The summed E-state index contributed by atoms with van der Waals surface area (Å²) in [5.74, 6) is 0.524. The second-order valence-corrected chi connectivity index (χ2v) is 6.73. The number of hydrogen-bond acceptors (Lipinski definition) is 5. The molecule has 3 N–H and O–H groups in total. The van der Waals surface area contributed by atoms with Gasteiger partial charge in [-0.2, -0.15) is 0 Å². The van der Waals surface area contributed by atoms with E-state index in [1.807, 2.05) is 0 Å². The number of aromatic nitrogens is 2. The Morgan fingerprint density at radius 3 is 2.58 bits per heavy atom. The Kier molecular flexibility index (Phi) is 3.38. The van der Waals surface area contributed by atoms with Crippen LogP contribution in [-0.4, -0.2) is 35.4 Å². The number of rotatable bonds is 3. The van der Waals surface area contributed by atoms with Crippen LogP contribution in [0.15, 0.2) is 23.1 Å². The molecule has 0 radical (unpaired) electrons. The smallest absolute Gasteiger partial charge is 0.175 e. The van der Waals surface area contributed by atoms with Gasteiger partial charge in [-0.15, -0.1) is 0 Å². The number of fused-ring (bicyclic) bond motifs is 1. The van der Waals surface area contributed by atoms with Crippen molar-refractivity contribution in [2.24, 2.45) is 12.8 Å². The fourth-order valence-electron chi connectivity index (χ4n) is 1.94. The van der Waals surface area contributed by atoms with Crippen molar-refractivity contribution in [2.45, 2.75) is 24.0 Å². The summed E-state index contributed by atoms with van der Waals surface area (Å²) in [7, 11) is -1.48. The third kappa shape index (κ3) is 2.49. The van der Waals surface area contributed by atoms with Crippen molar-refractivity contribution in [1.29, 1.82) is 0 Å². The van der Waals surface area contributed by atoms with E-state index in [1.165, 1.54) is 12.1 Å². The van der Waals surface area contributed by atoms with Crippen LogP contribution in [0.3, 0.4) is 0 Å². The fourth-order valence-corrected chi connectivity index (χ4v) is 2.58. The highest BCUT2D eigenvalue weighted by Crippen LogP contribution is 2.23. The van der Waals surface area contributed by atoms with Gasteiger partial charge in [-0.25, -0.2) is 13.4 Å². The summed E-state index contributed by atoms with van der Waals surface area (Å²) in [6.45, 7) is 1.59. The lowest BCUT2D eigenvalue weighted by atomic mass is 10.2. The summed E-state index contributed by atoms with van der Waals surface area (Å²) < 4.78 is 24.8. The molecule has 7 heteroatoms. The molecule has 2 unspecified atom stereocenters. The molecule has 1 aromatic carbocycles. The van der Waals surface area contributed by atoms with Crippen molar-refractivity contribution in [1.82, 2.24) is 9.55 Å². The molecule has 0 bridgehead atoms. The lowest BCUT2D eigenvalue weighted by Gasteiger charge is -2.14. The number of aliphatic hydroxyl groups is 1. The van der Waals surface area contributed by atoms with E-state index in [-0.39, 0.29) is 4.90 Å². The minimum Gasteiger partial charge on any atom is -0.391 e. The Bertz CT molecular complexity index is 719. The van der Waals surface area contributed by atoms with E-state index in [0.29, 0.717) is 11.3 Å². The van der Waals surface area contributed by atoms with Gasteiger partial charge in [-0.05, 0) is 25.1 Å². The molecule has 1 heterocycles. The molecule has 0 spiro atoms. The van der Waals surface area contributed by atoms with Crippen LogP contribution in [0, 0.1) is 0 Å². The van der Waals surface area contributed by atoms with E-state index in [4.69, 9.17) is 5.73 Å². The van der Waals surface area contributed by atoms with Gasteiger partial charge in [0.25, 0.3) is 0 Å². The Morgan fingerprint density at radius 2 is 2.05 bits per heavy atom. The molecule has 6 nitrogen and oxygen atoms in total. The van der Waals surface area contributed by atoms with Crippen molar-refractivity contribution in [3.8, 4) is 0 Å². The number of benzene rings is 1. The van der Waals surface area contributed by atoms with Gasteiger partial charge in [0, 0.05) is 13.3 Å². The zero-order chi connectivity index (χ0) is 14.4. The van der Waals surface area contributed by atoms with Crippen molar-refractivity contribution >= 4 is 20.9 Å². The highest BCUT2D eigenvalue weighted by atomic mass is 32.2. The minimum atomic E-state index is -3.26. The lowest BCUT2D eigenvalue weighted by molar-refractivity contribution is 0.159. The van der Waals surface area contributed by atoms with E-state index in [0.717, 1.165) is 11.8 Å². The molecule has 0 aliphatic rings. The monoisotopic (exact) mass is 283 g/mol. The summed E-state index contributed by atoms with van der Waals surface area (Å²) in [5, 5.41) is 9.53.